The maximum Gasteiger partial charge on any atom is 0.185 e. The second-order valence-corrected chi connectivity index (χ2v) is 5.62. The number of allylic oxidation sites excluding steroid dienone is 1. The molecule has 0 saturated heterocycles. The van der Waals surface area contributed by atoms with Gasteiger partial charge < -0.3 is 0 Å². The van der Waals surface area contributed by atoms with Gasteiger partial charge in [-0.1, -0.05) is 66.2 Å². The first-order valence-corrected chi connectivity index (χ1v) is 7.42. The molecule has 0 saturated carbocycles. The number of carbonyl (C=O) groups is 1. The van der Waals surface area contributed by atoms with Crippen molar-refractivity contribution in [2.24, 2.45) is 0 Å². The Morgan fingerprint density at radius 3 is 2.45 bits per heavy atom. The van der Waals surface area contributed by atoms with Gasteiger partial charge in [0, 0.05) is 5.56 Å². The van der Waals surface area contributed by atoms with E-state index in [0.29, 0.717) is 0 Å². The summed E-state index contributed by atoms with van der Waals surface area (Å²) in [7, 11) is 0. The molecule has 0 amide bonds. The van der Waals surface area contributed by atoms with Gasteiger partial charge in [-0.2, -0.15) is 0 Å². The average Bonchev–Trinajstić information content (AvgIpc) is 2.55. The van der Waals surface area contributed by atoms with Gasteiger partial charge in [0.2, 0.25) is 0 Å². The van der Waals surface area contributed by atoms with Gasteiger partial charge in [0.25, 0.3) is 0 Å². The van der Waals surface area contributed by atoms with Gasteiger partial charge >= 0.3 is 0 Å². The molecule has 3 rings (SSSR count). The topological polar surface area (TPSA) is 17.1 Å². The Hall–Kier alpha value is -2.67. The number of carbonyl (C=O) groups excluding carboxylic acids is 1. The van der Waals surface area contributed by atoms with E-state index in [1.165, 1.54) is 11.1 Å². The van der Waals surface area contributed by atoms with E-state index in [-0.39, 0.29) is 5.78 Å². The van der Waals surface area contributed by atoms with Gasteiger partial charge in [-0.05, 0) is 47.9 Å². The summed E-state index contributed by atoms with van der Waals surface area (Å²) in [5, 5.41) is 2.24. The van der Waals surface area contributed by atoms with Crippen molar-refractivity contribution in [1.29, 1.82) is 0 Å². The summed E-state index contributed by atoms with van der Waals surface area (Å²) < 4.78 is 0. The molecular weight excluding hydrogens is 268 g/mol. The molecule has 0 atom stereocenters. The number of aryl methyl sites for hydroxylation is 2. The van der Waals surface area contributed by atoms with E-state index in [2.05, 4.69) is 38.1 Å². The largest absolute Gasteiger partial charge is 0.289 e. The minimum absolute atomic E-state index is 0.0339. The van der Waals surface area contributed by atoms with E-state index < -0.39 is 0 Å². The van der Waals surface area contributed by atoms with Crippen LogP contribution in [0.5, 0.6) is 0 Å². The SMILES string of the molecule is Cc1ccc(C)c(/C=C/C(=O)c2ccc3ccccc3c2)c1. The minimum atomic E-state index is 0.0339. The molecule has 3 aromatic carbocycles. The van der Waals surface area contributed by atoms with Crippen molar-refractivity contribution in [2.45, 2.75) is 13.8 Å². The van der Waals surface area contributed by atoms with Crippen LogP contribution in [0.2, 0.25) is 0 Å². The summed E-state index contributed by atoms with van der Waals surface area (Å²) in [5.41, 5.74) is 4.19. The Morgan fingerprint density at radius 1 is 0.864 bits per heavy atom. The van der Waals surface area contributed by atoms with Gasteiger partial charge in [0.15, 0.2) is 5.78 Å². The second-order valence-electron chi connectivity index (χ2n) is 5.62. The van der Waals surface area contributed by atoms with Crippen LogP contribution in [-0.4, -0.2) is 5.78 Å². The fourth-order valence-corrected chi connectivity index (χ4v) is 2.54. The third kappa shape index (κ3) is 2.99. The number of ketones is 1. The summed E-state index contributed by atoms with van der Waals surface area (Å²) in [4.78, 5) is 12.4. The zero-order chi connectivity index (χ0) is 15.5. The average molecular weight is 286 g/mol. The molecule has 22 heavy (non-hydrogen) atoms. The molecular formula is C21H18O. The van der Waals surface area contributed by atoms with Crippen molar-refractivity contribution < 1.29 is 4.79 Å². The Balaban J connectivity index is 1.89. The highest BCUT2D eigenvalue weighted by Gasteiger charge is 2.03. The van der Waals surface area contributed by atoms with Crippen LogP contribution >= 0.6 is 0 Å². The standard InChI is InChI=1S/C21H18O/c1-15-7-8-16(2)18(13-15)11-12-21(22)20-10-9-17-5-3-4-6-19(17)14-20/h3-14H,1-2H3/b12-11+. The molecule has 0 fully saturated rings. The molecule has 1 nitrogen and oxygen atoms in total. The first kappa shape index (κ1) is 14.3. The van der Waals surface area contributed by atoms with Crippen LogP contribution in [-0.2, 0) is 0 Å². The van der Waals surface area contributed by atoms with Crippen LogP contribution in [0.1, 0.15) is 27.0 Å². The summed E-state index contributed by atoms with van der Waals surface area (Å²) in [6.45, 7) is 4.11. The summed E-state index contributed by atoms with van der Waals surface area (Å²) >= 11 is 0. The van der Waals surface area contributed by atoms with Gasteiger partial charge in [-0.25, -0.2) is 0 Å². The van der Waals surface area contributed by atoms with Crippen LogP contribution in [0.3, 0.4) is 0 Å². The molecule has 0 bridgehead atoms. The van der Waals surface area contributed by atoms with Crippen LogP contribution in [0, 0.1) is 13.8 Å². The summed E-state index contributed by atoms with van der Waals surface area (Å²) in [5.74, 6) is 0.0339. The molecule has 3 aromatic rings. The van der Waals surface area contributed by atoms with Crippen molar-refractivity contribution in [3.63, 3.8) is 0 Å². The molecule has 0 aliphatic heterocycles. The fraction of sp³-hybridized carbons (Fsp3) is 0.0952. The summed E-state index contributed by atoms with van der Waals surface area (Å²) in [6.07, 6.45) is 3.56. The number of hydrogen-bond donors (Lipinski definition) is 0. The third-order valence-electron chi connectivity index (χ3n) is 3.88. The monoisotopic (exact) mass is 286 g/mol. The van der Waals surface area contributed by atoms with E-state index in [1.807, 2.05) is 42.5 Å². The van der Waals surface area contributed by atoms with Gasteiger partial charge in [-0.15, -0.1) is 0 Å². The first-order valence-electron chi connectivity index (χ1n) is 7.42. The van der Waals surface area contributed by atoms with Crippen molar-refractivity contribution >= 4 is 22.6 Å². The van der Waals surface area contributed by atoms with Crippen molar-refractivity contribution in [2.75, 3.05) is 0 Å². The lowest BCUT2D eigenvalue weighted by Gasteiger charge is -2.02. The van der Waals surface area contributed by atoms with Crippen LogP contribution in [0.25, 0.3) is 16.8 Å². The predicted molar refractivity (Wildman–Crippen MR) is 93.2 cm³/mol. The minimum Gasteiger partial charge on any atom is -0.289 e. The van der Waals surface area contributed by atoms with E-state index in [0.717, 1.165) is 21.9 Å². The predicted octanol–water partition coefficient (Wildman–Crippen LogP) is 5.35. The molecule has 1 heteroatoms. The Labute approximate surface area is 130 Å². The van der Waals surface area contributed by atoms with E-state index in [9.17, 15) is 4.79 Å². The Morgan fingerprint density at radius 2 is 1.64 bits per heavy atom. The number of hydrogen-bond acceptors (Lipinski definition) is 1. The molecule has 0 aromatic heterocycles. The second kappa shape index (κ2) is 5.98. The Kier molecular flexibility index (Phi) is 3.88. The zero-order valence-corrected chi connectivity index (χ0v) is 12.8. The smallest absolute Gasteiger partial charge is 0.185 e. The molecule has 0 N–H and O–H groups in total. The molecule has 108 valence electrons. The lowest BCUT2D eigenvalue weighted by molar-refractivity contribution is 0.104. The van der Waals surface area contributed by atoms with Crippen LogP contribution < -0.4 is 0 Å². The number of benzene rings is 3. The molecule has 0 aliphatic rings. The van der Waals surface area contributed by atoms with Crippen molar-refractivity contribution in [1.82, 2.24) is 0 Å². The molecule has 0 unspecified atom stereocenters. The quantitative estimate of drug-likeness (QED) is 0.468. The highest BCUT2D eigenvalue weighted by molar-refractivity contribution is 6.08. The molecule has 0 heterocycles. The number of fused-ring (bicyclic) bond motifs is 1. The fourth-order valence-electron chi connectivity index (χ4n) is 2.54. The maximum absolute atomic E-state index is 12.4. The molecule has 0 aliphatic carbocycles. The lowest BCUT2D eigenvalue weighted by atomic mass is 10.0. The lowest BCUT2D eigenvalue weighted by Crippen LogP contribution is -1.94. The Bertz CT molecular complexity index is 872. The van der Waals surface area contributed by atoms with E-state index in [4.69, 9.17) is 0 Å². The van der Waals surface area contributed by atoms with Gasteiger partial charge in [0.05, 0.1) is 0 Å². The molecule has 0 radical (unpaired) electrons. The van der Waals surface area contributed by atoms with Crippen molar-refractivity contribution in [3.8, 4) is 0 Å². The van der Waals surface area contributed by atoms with Crippen LogP contribution in [0.15, 0.2) is 66.7 Å². The highest BCUT2D eigenvalue weighted by atomic mass is 16.1. The number of rotatable bonds is 3. The van der Waals surface area contributed by atoms with Gasteiger partial charge in [-0.3, -0.25) is 4.79 Å². The van der Waals surface area contributed by atoms with E-state index >= 15 is 0 Å². The maximum atomic E-state index is 12.4. The normalized spacial score (nSPS) is 11.2. The van der Waals surface area contributed by atoms with Crippen LogP contribution in [0.4, 0.5) is 0 Å². The van der Waals surface area contributed by atoms with Gasteiger partial charge in [0.1, 0.15) is 0 Å². The van der Waals surface area contributed by atoms with E-state index in [1.54, 1.807) is 6.08 Å². The first-order chi connectivity index (χ1) is 10.6. The highest BCUT2D eigenvalue weighted by Crippen LogP contribution is 2.17. The third-order valence-corrected chi connectivity index (χ3v) is 3.88. The summed E-state index contributed by atoms with van der Waals surface area (Å²) in [6, 6.07) is 20.2. The zero-order valence-electron chi connectivity index (χ0n) is 12.8. The molecule has 0 spiro atoms. The van der Waals surface area contributed by atoms with Crippen molar-refractivity contribution in [3.05, 3.63) is 89.0 Å².